The number of rotatable bonds is 4. The first-order chi connectivity index (χ1) is 10.0. The van der Waals surface area contributed by atoms with E-state index in [1.165, 1.54) is 18.4 Å². The second kappa shape index (κ2) is 5.32. The largest absolute Gasteiger partial charge is 0.360 e. The summed E-state index contributed by atoms with van der Waals surface area (Å²) in [5.41, 5.74) is 3.06. The number of carbonyl (C=O) groups is 1. The van der Waals surface area contributed by atoms with Crippen LogP contribution in [0, 0.1) is 18.3 Å². The molecule has 21 heavy (non-hydrogen) atoms. The van der Waals surface area contributed by atoms with Crippen molar-refractivity contribution in [1.82, 2.24) is 4.98 Å². The summed E-state index contributed by atoms with van der Waals surface area (Å²) >= 11 is 0. The highest BCUT2D eigenvalue weighted by Gasteiger charge is 2.42. The lowest BCUT2D eigenvalue weighted by Gasteiger charge is -2.29. The molecule has 112 valence electrons. The summed E-state index contributed by atoms with van der Waals surface area (Å²) in [6, 6.07) is 6.30. The number of H-pyrrole nitrogens is 1. The second-order valence-electron chi connectivity index (χ2n) is 7.17. The van der Waals surface area contributed by atoms with Gasteiger partial charge >= 0.3 is 0 Å². The molecule has 1 N–H and O–H groups in total. The predicted octanol–water partition coefficient (Wildman–Crippen LogP) is 5.27. The third kappa shape index (κ3) is 2.52. The second-order valence-corrected chi connectivity index (χ2v) is 7.17. The fraction of sp³-hybridized carbons (Fsp3) is 0.526. The smallest absolute Gasteiger partial charge is 0.171 e. The van der Waals surface area contributed by atoms with Crippen molar-refractivity contribution in [2.24, 2.45) is 11.3 Å². The van der Waals surface area contributed by atoms with Gasteiger partial charge in [-0.2, -0.15) is 0 Å². The van der Waals surface area contributed by atoms with E-state index in [9.17, 15) is 4.79 Å². The van der Waals surface area contributed by atoms with Crippen LogP contribution in [0.25, 0.3) is 10.9 Å². The fourth-order valence-electron chi connectivity index (χ4n) is 4.07. The molecule has 0 aliphatic heterocycles. The lowest BCUT2D eigenvalue weighted by molar-refractivity contribution is 0.0762. The number of nitrogens with one attached hydrogen (secondary N) is 1. The molecule has 1 aromatic carbocycles. The number of carbonyl (C=O) groups excluding carboxylic acids is 1. The molecule has 2 heteroatoms. The Morgan fingerprint density at radius 3 is 2.67 bits per heavy atom. The van der Waals surface area contributed by atoms with Gasteiger partial charge in [-0.1, -0.05) is 38.3 Å². The van der Waals surface area contributed by atoms with E-state index >= 15 is 0 Å². The minimum absolute atomic E-state index is 0.118. The summed E-state index contributed by atoms with van der Waals surface area (Å²) in [5, 5.41) is 1.09. The van der Waals surface area contributed by atoms with Crippen LogP contribution in [0.3, 0.4) is 0 Å². The van der Waals surface area contributed by atoms with Crippen molar-refractivity contribution >= 4 is 16.7 Å². The van der Waals surface area contributed by atoms with Gasteiger partial charge in [0.2, 0.25) is 0 Å². The Bertz CT molecular complexity index is 659. The maximum Gasteiger partial charge on any atom is 0.171 e. The number of aromatic nitrogens is 1. The minimum atomic E-state index is -0.118. The molecule has 0 amide bonds. The van der Waals surface area contributed by atoms with Crippen molar-refractivity contribution in [3.63, 3.8) is 0 Å². The minimum Gasteiger partial charge on any atom is -0.360 e. The number of benzene rings is 1. The van der Waals surface area contributed by atoms with Crippen LogP contribution in [0.4, 0.5) is 0 Å². The zero-order valence-corrected chi connectivity index (χ0v) is 13.3. The molecule has 1 aliphatic carbocycles. The monoisotopic (exact) mass is 283 g/mol. The van der Waals surface area contributed by atoms with Gasteiger partial charge in [-0.3, -0.25) is 4.79 Å². The lowest BCUT2D eigenvalue weighted by Crippen LogP contribution is -2.29. The van der Waals surface area contributed by atoms with Crippen LogP contribution in [0.15, 0.2) is 24.4 Å². The molecule has 1 saturated carbocycles. The summed E-state index contributed by atoms with van der Waals surface area (Å²) in [7, 11) is 0. The average Bonchev–Trinajstić information content (AvgIpc) is 3.04. The van der Waals surface area contributed by atoms with Gasteiger partial charge in [0.25, 0.3) is 0 Å². The predicted molar refractivity (Wildman–Crippen MR) is 87.7 cm³/mol. The van der Waals surface area contributed by atoms with E-state index in [1.807, 2.05) is 6.20 Å². The number of aromatic amines is 1. The lowest BCUT2D eigenvalue weighted by atomic mass is 9.73. The summed E-state index contributed by atoms with van der Waals surface area (Å²) in [6.45, 7) is 6.54. The fourth-order valence-corrected chi connectivity index (χ4v) is 4.07. The first kappa shape index (κ1) is 14.4. The molecule has 1 aromatic heterocycles. The number of fused-ring (bicyclic) bond motifs is 1. The van der Waals surface area contributed by atoms with Crippen molar-refractivity contribution in [2.75, 3.05) is 0 Å². The first-order valence-corrected chi connectivity index (χ1v) is 8.14. The molecule has 3 rings (SSSR count). The third-order valence-electron chi connectivity index (χ3n) is 4.92. The van der Waals surface area contributed by atoms with E-state index in [1.54, 1.807) is 0 Å². The summed E-state index contributed by atoms with van der Waals surface area (Å²) in [5.74, 6) is 0.935. The van der Waals surface area contributed by atoms with E-state index in [4.69, 9.17) is 0 Å². The number of hydrogen-bond donors (Lipinski definition) is 1. The van der Waals surface area contributed by atoms with E-state index < -0.39 is 0 Å². The highest BCUT2D eigenvalue weighted by atomic mass is 16.1. The van der Waals surface area contributed by atoms with Gasteiger partial charge in [0.1, 0.15) is 0 Å². The quantitative estimate of drug-likeness (QED) is 0.762. The van der Waals surface area contributed by atoms with Gasteiger partial charge < -0.3 is 4.98 Å². The van der Waals surface area contributed by atoms with Crippen LogP contribution < -0.4 is 0 Å². The highest BCUT2D eigenvalue weighted by Crippen LogP contribution is 2.46. The molecule has 0 atom stereocenters. The molecule has 2 aromatic rings. The Kier molecular flexibility index (Phi) is 3.64. The summed E-state index contributed by atoms with van der Waals surface area (Å²) in [6.07, 6.45) is 7.45. The topological polar surface area (TPSA) is 32.9 Å². The molecule has 0 radical (unpaired) electrons. The van der Waals surface area contributed by atoms with Crippen LogP contribution in [-0.4, -0.2) is 10.8 Å². The van der Waals surface area contributed by atoms with Gasteiger partial charge in [-0.05, 0) is 44.2 Å². The van der Waals surface area contributed by atoms with Crippen molar-refractivity contribution in [2.45, 2.75) is 52.9 Å². The molecule has 0 saturated heterocycles. The SMILES string of the molecule is Cc1ccc2[nH]cc(C(=O)C3(CC(C)C)CCCC3)c2c1. The van der Waals surface area contributed by atoms with E-state index in [0.29, 0.717) is 11.7 Å². The Hall–Kier alpha value is -1.57. The molecule has 0 spiro atoms. The Labute approximate surface area is 126 Å². The zero-order chi connectivity index (χ0) is 15.0. The summed E-state index contributed by atoms with van der Waals surface area (Å²) in [4.78, 5) is 16.5. The molecule has 2 nitrogen and oxygen atoms in total. The maximum atomic E-state index is 13.3. The Morgan fingerprint density at radius 1 is 1.29 bits per heavy atom. The number of aryl methyl sites for hydroxylation is 1. The molecule has 0 unspecified atom stereocenters. The van der Waals surface area contributed by atoms with Crippen molar-refractivity contribution in [3.8, 4) is 0 Å². The third-order valence-corrected chi connectivity index (χ3v) is 4.92. The molecule has 1 fully saturated rings. The summed E-state index contributed by atoms with van der Waals surface area (Å²) < 4.78 is 0. The van der Waals surface area contributed by atoms with Crippen molar-refractivity contribution in [1.29, 1.82) is 0 Å². The molecule has 0 bridgehead atoms. The Balaban J connectivity index is 2.04. The van der Waals surface area contributed by atoms with Crippen molar-refractivity contribution < 1.29 is 4.79 Å². The first-order valence-electron chi connectivity index (χ1n) is 8.14. The Morgan fingerprint density at radius 2 is 2.00 bits per heavy atom. The standard InChI is InChI=1S/C19H25NO/c1-13(2)11-19(8-4-5-9-19)18(21)16-12-20-17-7-6-14(3)10-15(16)17/h6-7,10,12-13,20H,4-5,8-9,11H2,1-3H3. The average molecular weight is 283 g/mol. The van der Waals surface area contributed by atoms with Crippen molar-refractivity contribution in [3.05, 3.63) is 35.5 Å². The molecular weight excluding hydrogens is 258 g/mol. The van der Waals surface area contributed by atoms with E-state index in [-0.39, 0.29) is 5.41 Å². The number of Topliss-reactive ketones (excluding diaryl/α,β-unsaturated/α-hetero) is 1. The molecule has 1 aliphatic rings. The maximum absolute atomic E-state index is 13.3. The highest BCUT2D eigenvalue weighted by molar-refractivity contribution is 6.10. The molecular formula is C19H25NO. The van der Waals surface area contributed by atoms with Gasteiger partial charge in [0.15, 0.2) is 5.78 Å². The van der Waals surface area contributed by atoms with Crippen LogP contribution >= 0.6 is 0 Å². The van der Waals surface area contributed by atoms with Crippen LogP contribution in [0.1, 0.15) is 61.9 Å². The van der Waals surface area contributed by atoms with E-state index in [0.717, 1.165) is 35.7 Å². The van der Waals surface area contributed by atoms with Gasteiger partial charge in [-0.15, -0.1) is 0 Å². The van der Waals surface area contributed by atoms with Gasteiger partial charge in [0.05, 0.1) is 0 Å². The number of hydrogen-bond acceptors (Lipinski definition) is 1. The number of ketones is 1. The normalized spacial score (nSPS) is 17.7. The molecule has 1 heterocycles. The van der Waals surface area contributed by atoms with Gasteiger partial charge in [-0.25, -0.2) is 0 Å². The zero-order valence-electron chi connectivity index (χ0n) is 13.3. The van der Waals surface area contributed by atoms with E-state index in [2.05, 4.69) is 44.0 Å². The van der Waals surface area contributed by atoms with Crippen LogP contribution in [-0.2, 0) is 0 Å². The van der Waals surface area contributed by atoms with Gasteiger partial charge in [0, 0.05) is 28.1 Å². The van der Waals surface area contributed by atoms with Crippen LogP contribution in [0.5, 0.6) is 0 Å². The van der Waals surface area contributed by atoms with Crippen LogP contribution in [0.2, 0.25) is 0 Å².